The molecule has 1 fully saturated rings. The molecular weight excluding hydrogens is 544 g/mol. The fourth-order valence-electron chi connectivity index (χ4n) is 5.47. The summed E-state index contributed by atoms with van der Waals surface area (Å²) in [5.41, 5.74) is 18.0. The van der Waals surface area contributed by atoms with Crippen LogP contribution in [0.5, 0.6) is 0 Å². The Bertz CT molecular complexity index is 1530. The van der Waals surface area contributed by atoms with Crippen LogP contribution in [0, 0.1) is 11.5 Å². The Labute approximate surface area is 248 Å². The van der Waals surface area contributed by atoms with Crippen molar-refractivity contribution in [1.29, 1.82) is 0 Å². The van der Waals surface area contributed by atoms with Gasteiger partial charge in [0.15, 0.2) is 17.1 Å². The highest BCUT2D eigenvalue weighted by Crippen LogP contribution is 2.41. The van der Waals surface area contributed by atoms with Crippen LogP contribution in [0.4, 0.5) is 11.8 Å². The molecular formula is C32H40N6O3Si. The lowest BCUT2D eigenvalue weighted by Gasteiger charge is -2.31. The van der Waals surface area contributed by atoms with Crippen molar-refractivity contribution in [1.82, 2.24) is 19.5 Å². The first kappa shape index (κ1) is 29.7. The van der Waals surface area contributed by atoms with Crippen LogP contribution in [0.15, 0.2) is 67.0 Å². The highest BCUT2D eigenvalue weighted by atomic mass is 28.3. The van der Waals surface area contributed by atoms with Crippen molar-refractivity contribution in [2.24, 2.45) is 0 Å². The van der Waals surface area contributed by atoms with Crippen molar-refractivity contribution >= 4 is 31.0 Å². The largest absolute Gasteiger partial charge is 0.382 e. The molecule has 5 rings (SSSR count). The summed E-state index contributed by atoms with van der Waals surface area (Å²) in [4.78, 5) is 13.0. The number of hydrogen-bond acceptors (Lipinski definition) is 8. The van der Waals surface area contributed by atoms with E-state index in [0.717, 1.165) is 29.3 Å². The molecule has 0 bridgehead atoms. The van der Waals surface area contributed by atoms with Crippen LogP contribution in [0.1, 0.15) is 44.5 Å². The van der Waals surface area contributed by atoms with Gasteiger partial charge in [0.25, 0.3) is 0 Å². The molecule has 0 unspecified atom stereocenters. The van der Waals surface area contributed by atoms with Crippen molar-refractivity contribution < 1.29 is 14.2 Å². The highest BCUT2D eigenvalue weighted by molar-refractivity contribution is 6.87. The Morgan fingerprint density at radius 1 is 0.952 bits per heavy atom. The van der Waals surface area contributed by atoms with Crippen molar-refractivity contribution in [3.63, 3.8) is 0 Å². The molecule has 2 aromatic heterocycles. The van der Waals surface area contributed by atoms with Gasteiger partial charge in [-0.15, -0.1) is 5.54 Å². The van der Waals surface area contributed by atoms with Crippen molar-refractivity contribution in [2.75, 3.05) is 18.1 Å². The smallest absolute Gasteiger partial charge is 0.224 e. The molecule has 0 radical (unpaired) electrons. The van der Waals surface area contributed by atoms with Crippen LogP contribution in [-0.4, -0.2) is 45.9 Å². The third-order valence-corrected chi connectivity index (χ3v) is 13.1. The lowest BCUT2D eigenvalue weighted by molar-refractivity contribution is -0.123. The zero-order chi connectivity index (χ0) is 29.6. The number of fused-ring (bicyclic) bond motifs is 1. The summed E-state index contributed by atoms with van der Waals surface area (Å²) in [6.45, 7) is 7.86. The molecule has 4 aromatic rings. The van der Waals surface area contributed by atoms with Crippen molar-refractivity contribution in [3.05, 3.63) is 78.1 Å². The molecule has 0 aliphatic carbocycles. The number of nitrogens with two attached hydrogens (primary N) is 2. The molecule has 9 nitrogen and oxygen atoms in total. The summed E-state index contributed by atoms with van der Waals surface area (Å²) in [5.74, 6) is 3.96. The predicted octanol–water partition coefficient (Wildman–Crippen LogP) is 5.50. The van der Waals surface area contributed by atoms with E-state index in [1.165, 1.54) is 0 Å². The average molecular weight is 585 g/mol. The van der Waals surface area contributed by atoms with Crippen LogP contribution in [0.2, 0.25) is 18.1 Å². The van der Waals surface area contributed by atoms with Crippen LogP contribution >= 0.6 is 0 Å². The third-order valence-electron chi connectivity index (χ3n) is 8.35. The Kier molecular flexibility index (Phi) is 9.23. The quantitative estimate of drug-likeness (QED) is 0.175. The Hall–Kier alpha value is -3.75. The van der Waals surface area contributed by atoms with E-state index in [0.29, 0.717) is 30.8 Å². The van der Waals surface area contributed by atoms with Gasteiger partial charge in [-0.2, -0.15) is 9.97 Å². The molecule has 220 valence electrons. The summed E-state index contributed by atoms with van der Waals surface area (Å²) < 4.78 is 21.8. The van der Waals surface area contributed by atoms with Gasteiger partial charge < -0.3 is 25.7 Å². The molecule has 1 saturated heterocycles. The monoisotopic (exact) mass is 584 g/mol. The van der Waals surface area contributed by atoms with Gasteiger partial charge in [-0.25, -0.2) is 4.98 Å². The molecule has 0 amide bonds. The van der Waals surface area contributed by atoms with Gasteiger partial charge >= 0.3 is 0 Å². The number of ether oxygens (including phenoxy) is 3. The second-order valence-corrected chi connectivity index (χ2v) is 15.8. The van der Waals surface area contributed by atoms with Crippen LogP contribution in [0.3, 0.4) is 0 Å². The second-order valence-electron chi connectivity index (χ2n) is 10.8. The second kappa shape index (κ2) is 13.0. The van der Waals surface area contributed by atoms with Gasteiger partial charge in [0.05, 0.1) is 26.1 Å². The standard InChI is InChI=1S/C32H40N6O3Si/c1-4-42(5-2,6-3)18-17-32(22-39-20-24-13-9-7-10-14-24)26(40-21-25-15-11-8-12-16-25)19-27(41-32)38-23-35-28-29(33)36-31(34)37-30(28)38/h7-16,23,26-27H,4-6,19-22H2,1-3H3,(H4,33,34,36,37)/t26-,27+,32+/m0/s1. The van der Waals surface area contributed by atoms with Gasteiger partial charge in [0.2, 0.25) is 5.95 Å². The fourth-order valence-corrected chi connectivity index (χ4v) is 7.98. The number of nitrogen functional groups attached to an aromatic ring is 2. The summed E-state index contributed by atoms with van der Waals surface area (Å²) in [6, 6.07) is 23.5. The normalized spacial score (nSPS) is 20.5. The molecule has 10 heteroatoms. The highest BCUT2D eigenvalue weighted by Gasteiger charge is 2.50. The van der Waals surface area contributed by atoms with Gasteiger partial charge in [-0.3, -0.25) is 4.57 Å². The first-order valence-electron chi connectivity index (χ1n) is 14.7. The summed E-state index contributed by atoms with van der Waals surface area (Å²) in [5, 5.41) is 0. The molecule has 1 aliphatic rings. The van der Waals surface area contributed by atoms with Crippen LogP contribution in [0.25, 0.3) is 11.2 Å². The first-order chi connectivity index (χ1) is 20.4. The lowest BCUT2D eigenvalue weighted by atomic mass is 9.98. The van der Waals surface area contributed by atoms with Gasteiger partial charge in [-0.05, 0) is 29.3 Å². The van der Waals surface area contributed by atoms with Gasteiger partial charge in [0, 0.05) is 6.42 Å². The number of benzene rings is 2. The van der Waals surface area contributed by atoms with E-state index in [9.17, 15) is 0 Å². The number of anilines is 2. The van der Waals surface area contributed by atoms with E-state index in [1.807, 2.05) is 41.0 Å². The maximum Gasteiger partial charge on any atom is 0.224 e. The maximum atomic E-state index is 6.93. The van der Waals surface area contributed by atoms with Crippen LogP contribution < -0.4 is 11.5 Å². The Morgan fingerprint density at radius 2 is 1.60 bits per heavy atom. The molecule has 0 saturated carbocycles. The molecule has 0 spiro atoms. The predicted molar refractivity (Wildman–Crippen MR) is 168 cm³/mol. The topological polar surface area (TPSA) is 123 Å². The molecule has 2 aromatic carbocycles. The van der Waals surface area contributed by atoms with Crippen LogP contribution in [-0.2, 0) is 27.4 Å². The van der Waals surface area contributed by atoms with E-state index in [1.54, 1.807) is 6.33 Å². The van der Waals surface area contributed by atoms with E-state index < -0.39 is 19.9 Å². The van der Waals surface area contributed by atoms with Gasteiger partial charge in [0.1, 0.15) is 25.9 Å². The van der Waals surface area contributed by atoms with Crippen molar-refractivity contribution in [3.8, 4) is 11.5 Å². The number of rotatable bonds is 11. The van der Waals surface area contributed by atoms with E-state index in [2.05, 4.69) is 71.5 Å². The third kappa shape index (κ3) is 6.34. The average Bonchev–Trinajstić information content (AvgIpc) is 3.60. The lowest BCUT2D eigenvalue weighted by Crippen LogP contribution is -2.45. The minimum Gasteiger partial charge on any atom is -0.382 e. The minimum atomic E-state index is -1.82. The SMILES string of the molecule is CC[Si](C#C[C@]1(COCc2ccccc2)O[C@@H](n2cnc3c(N)nc(N)nc32)C[C@@H]1OCc1ccccc1)(CC)CC. The van der Waals surface area contributed by atoms with E-state index in [-0.39, 0.29) is 24.5 Å². The Balaban J connectivity index is 1.54. The molecule has 3 heterocycles. The number of nitrogens with zero attached hydrogens (tertiary/aromatic N) is 4. The summed E-state index contributed by atoms with van der Waals surface area (Å²) in [6.07, 6.45) is 1.34. The molecule has 3 atom stereocenters. The zero-order valence-corrected chi connectivity index (χ0v) is 25.6. The number of aromatic nitrogens is 4. The Morgan fingerprint density at radius 3 is 2.24 bits per heavy atom. The van der Waals surface area contributed by atoms with E-state index >= 15 is 0 Å². The fraction of sp³-hybridized carbons (Fsp3) is 0.406. The maximum absolute atomic E-state index is 6.93. The van der Waals surface area contributed by atoms with E-state index in [4.69, 9.17) is 25.7 Å². The first-order valence-corrected chi connectivity index (χ1v) is 17.3. The number of imidazole rings is 1. The number of hydrogen-bond donors (Lipinski definition) is 2. The molecule has 1 aliphatic heterocycles. The summed E-state index contributed by atoms with van der Waals surface area (Å²) in [7, 11) is -1.82. The van der Waals surface area contributed by atoms with Crippen molar-refractivity contribution in [2.45, 2.75) is 76.5 Å². The molecule has 4 N–H and O–H groups in total. The minimum absolute atomic E-state index is 0.0819. The zero-order valence-electron chi connectivity index (χ0n) is 24.6. The summed E-state index contributed by atoms with van der Waals surface area (Å²) >= 11 is 0. The molecule has 42 heavy (non-hydrogen) atoms. The van der Waals surface area contributed by atoms with Gasteiger partial charge in [-0.1, -0.05) is 87.4 Å².